The van der Waals surface area contributed by atoms with Crippen molar-refractivity contribution in [3.8, 4) is 0 Å². The lowest BCUT2D eigenvalue weighted by Crippen LogP contribution is -2.32. The molecule has 1 atom stereocenters. The highest BCUT2D eigenvalue weighted by atomic mass is 16.7. The van der Waals surface area contributed by atoms with Gasteiger partial charge in [0.15, 0.2) is 5.79 Å². The van der Waals surface area contributed by atoms with E-state index in [1.165, 1.54) is 0 Å². The predicted octanol–water partition coefficient (Wildman–Crippen LogP) is 0.747. The smallest absolute Gasteiger partial charge is 0.182 e. The fourth-order valence-electron chi connectivity index (χ4n) is 1.95. The molecule has 0 aromatic heterocycles. The number of rotatable bonds is 1. The van der Waals surface area contributed by atoms with Gasteiger partial charge in [-0.25, -0.2) is 0 Å². The molecule has 0 aliphatic carbocycles. The zero-order chi connectivity index (χ0) is 8.60. The Kier molecular flexibility index (Phi) is 2.10. The van der Waals surface area contributed by atoms with Crippen molar-refractivity contribution >= 4 is 0 Å². The Hall–Kier alpha value is -0.120. The quantitative estimate of drug-likeness (QED) is 0.631. The Morgan fingerprint density at radius 3 is 2.50 bits per heavy atom. The number of hydrogen-bond donors (Lipinski definition) is 1. The monoisotopic (exact) mass is 171 g/mol. The first kappa shape index (κ1) is 8.48. The van der Waals surface area contributed by atoms with Gasteiger partial charge in [-0.2, -0.15) is 0 Å². The van der Waals surface area contributed by atoms with Gasteiger partial charge in [-0.15, -0.1) is 0 Å². The number of ether oxygens (including phenoxy) is 2. The zero-order valence-corrected chi connectivity index (χ0v) is 7.80. The Labute approximate surface area is 73.4 Å². The van der Waals surface area contributed by atoms with Crippen molar-refractivity contribution in [1.82, 2.24) is 5.32 Å². The third-order valence-corrected chi connectivity index (χ3v) is 2.78. The summed E-state index contributed by atoms with van der Waals surface area (Å²) in [5.74, 6) is 0.395. The van der Waals surface area contributed by atoms with E-state index in [0.29, 0.717) is 12.0 Å². The summed E-state index contributed by atoms with van der Waals surface area (Å²) in [6, 6.07) is 0.558. The molecule has 0 bridgehead atoms. The molecule has 0 aromatic rings. The van der Waals surface area contributed by atoms with Crippen LogP contribution >= 0.6 is 0 Å². The molecule has 70 valence electrons. The van der Waals surface area contributed by atoms with E-state index in [4.69, 9.17) is 9.47 Å². The Morgan fingerprint density at radius 1 is 1.33 bits per heavy atom. The van der Waals surface area contributed by atoms with E-state index in [1.54, 1.807) is 0 Å². The molecule has 3 nitrogen and oxygen atoms in total. The first-order chi connectivity index (χ1) is 5.72. The first-order valence-corrected chi connectivity index (χ1v) is 4.73. The topological polar surface area (TPSA) is 30.5 Å². The number of hydrogen-bond acceptors (Lipinski definition) is 3. The average Bonchev–Trinajstić information content (AvgIpc) is 2.62. The van der Waals surface area contributed by atoms with E-state index in [1.807, 2.05) is 0 Å². The van der Waals surface area contributed by atoms with Crippen LogP contribution < -0.4 is 5.32 Å². The van der Waals surface area contributed by atoms with Crippen LogP contribution in [0.1, 0.15) is 20.3 Å². The van der Waals surface area contributed by atoms with Crippen LogP contribution in [0.15, 0.2) is 0 Å². The van der Waals surface area contributed by atoms with Crippen LogP contribution in [0.2, 0.25) is 0 Å². The molecule has 0 radical (unpaired) electrons. The van der Waals surface area contributed by atoms with Gasteiger partial charge in [-0.3, -0.25) is 0 Å². The van der Waals surface area contributed by atoms with Crippen LogP contribution in [0.5, 0.6) is 0 Å². The van der Waals surface area contributed by atoms with Crippen molar-refractivity contribution in [3.05, 3.63) is 0 Å². The molecule has 0 amide bonds. The second-order valence-electron chi connectivity index (χ2n) is 4.04. The summed E-state index contributed by atoms with van der Waals surface area (Å²) in [6.07, 6.45) is 1.00. The van der Waals surface area contributed by atoms with Crippen LogP contribution in [-0.2, 0) is 9.47 Å². The summed E-state index contributed by atoms with van der Waals surface area (Å²) in [6.45, 7) is 6.83. The van der Waals surface area contributed by atoms with E-state index >= 15 is 0 Å². The molecule has 1 N–H and O–H groups in total. The second-order valence-corrected chi connectivity index (χ2v) is 4.04. The lowest BCUT2D eigenvalue weighted by molar-refractivity contribution is -0.141. The highest BCUT2D eigenvalue weighted by Gasteiger charge is 2.44. The van der Waals surface area contributed by atoms with Crippen LogP contribution in [0.25, 0.3) is 0 Å². The van der Waals surface area contributed by atoms with E-state index in [2.05, 4.69) is 19.2 Å². The fourth-order valence-corrected chi connectivity index (χ4v) is 1.95. The molecule has 2 heterocycles. The highest BCUT2D eigenvalue weighted by molar-refractivity contribution is 4.92. The summed E-state index contributed by atoms with van der Waals surface area (Å²) in [5, 5.41) is 3.44. The largest absolute Gasteiger partial charge is 0.346 e. The van der Waals surface area contributed by atoms with E-state index in [0.717, 1.165) is 26.2 Å². The molecule has 0 saturated carbocycles. The molecule has 2 aliphatic heterocycles. The lowest BCUT2D eigenvalue weighted by Gasteiger charge is -2.21. The Morgan fingerprint density at radius 2 is 2.00 bits per heavy atom. The molecule has 3 heteroatoms. The van der Waals surface area contributed by atoms with Gasteiger partial charge in [-0.1, -0.05) is 13.8 Å². The van der Waals surface area contributed by atoms with Gasteiger partial charge in [-0.05, 0) is 5.92 Å². The van der Waals surface area contributed by atoms with Gasteiger partial charge in [0, 0.05) is 12.5 Å². The van der Waals surface area contributed by atoms with Gasteiger partial charge in [0.2, 0.25) is 0 Å². The SMILES string of the molecule is CC(C)C1CC2(CN1)OCCO2. The summed E-state index contributed by atoms with van der Waals surface area (Å²) < 4.78 is 11.2. The van der Waals surface area contributed by atoms with Crippen molar-refractivity contribution in [2.24, 2.45) is 5.92 Å². The third-order valence-electron chi connectivity index (χ3n) is 2.78. The molecule has 2 saturated heterocycles. The fraction of sp³-hybridized carbons (Fsp3) is 1.00. The van der Waals surface area contributed by atoms with Gasteiger partial charge in [0.25, 0.3) is 0 Å². The van der Waals surface area contributed by atoms with Gasteiger partial charge in [0.05, 0.1) is 19.8 Å². The maximum Gasteiger partial charge on any atom is 0.182 e. The Balaban J connectivity index is 1.96. The van der Waals surface area contributed by atoms with Crippen LogP contribution in [0.4, 0.5) is 0 Å². The standard InChI is InChI=1S/C9H17NO2/c1-7(2)8-5-9(6-10-8)11-3-4-12-9/h7-8,10H,3-6H2,1-2H3. The average molecular weight is 171 g/mol. The molecule has 0 aromatic carbocycles. The summed E-state index contributed by atoms with van der Waals surface area (Å²) >= 11 is 0. The summed E-state index contributed by atoms with van der Waals surface area (Å²) in [5.41, 5.74) is 0. The van der Waals surface area contributed by atoms with Crippen LogP contribution in [0, 0.1) is 5.92 Å². The van der Waals surface area contributed by atoms with E-state index in [9.17, 15) is 0 Å². The van der Waals surface area contributed by atoms with Crippen molar-refractivity contribution in [2.75, 3.05) is 19.8 Å². The highest BCUT2D eigenvalue weighted by Crippen LogP contribution is 2.31. The zero-order valence-electron chi connectivity index (χ0n) is 7.80. The maximum absolute atomic E-state index is 5.60. The Bertz CT molecular complexity index is 164. The van der Waals surface area contributed by atoms with Crippen LogP contribution in [-0.4, -0.2) is 31.6 Å². The lowest BCUT2D eigenvalue weighted by atomic mass is 10.0. The van der Waals surface area contributed by atoms with Crippen molar-refractivity contribution in [1.29, 1.82) is 0 Å². The van der Waals surface area contributed by atoms with E-state index in [-0.39, 0.29) is 5.79 Å². The molecule has 1 unspecified atom stereocenters. The minimum atomic E-state index is -0.269. The first-order valence-electron chi connectivity index (χ1n) is 4.73. The molecule has 1 spiro atoms. The molecule has 12 heavy (non-hydrogen) atoms. The molecule has 2 rings (SSSR count). The molecular weight excluding hydrogens is 154 g/mol. The second kappa shape index (κ2) is 2.98. The van der Waals surface area contributed by atoms with Crippen LogP contribution in [0.3, 0.4) is 0 Å². The minimum absolute atomic E-state index is 0.269. The van der Waals surface area contributed by atoms with Crippen molar-refractivity contribution in [2.45, 2.75) is 32.1 Å². The van der Waals surface area contributed by atoms with Gasteiger partial charge in [0.1, 0.15) is 0 Å². The van der Waals surface area contributed by atoms with E-state index < -0.39 is 0 Å². The minimum Gasteiger partial charge on any atom is -0.346 e. The molecule has 2 aliphatic rings. The van der Waals surface area contributed by atoms with Crippen molar-refractivity contribution < 1.29 is 9.47 Å². The normalized spacial score (nSPS) is 33.8. The molecular formula is C9H17NO2. The summed E-state index contributed by atoms with van der Waals surface area (Å²) in [4.78, 5) is 0. The van der Waals surface area contributed by atoms with Gasteiger partial charge < -0.3 is 14.8 Å². The predicted molar refractivity (Wildman–Crippen MR) is 45.9 cm³/mol. The molecule has 2 fully saturated rings. The number of nitrogens with one attached hydrogen (secondary N) is 1. The third kappa shape index (κ3) is 1.37. The maximum atomic E-state index is 5.60. The summed E-state index contributed by atoms with van der Waals surface area (Å²) in [7, 11) is 0. The van der Waals surface area contributed by atoms with Gasteiger partial charge >= 0.3 is 0 Å². The van der Waals surface area contributed by atoms with Crippen molar-refractivity contribution in [3.63, 3.8) is 0 Å².